The Bertz CT molecular complexity index is 1110. The first kappa shape index (κ1) is 17.7. The molecule has 4 nitrogen and oxygen atoms in total. The summed E-state index contributed by atoms with van der Waals surface area (Å²) >= 11 is 0. The summed E-state index contributed by atoms with van der Waals surface area (Å²) in [6, 6.07) is 22.3. The first-order valence-corrected chi connectivity index (χ1v) is 9.25. The molecule has 138 valence electrons. The van der Waals surface area contributed by atoms with Gasteiger partial charge in [0.05, 0.1) is 12.4 Å². The normalized spacial score (nSPS) is 12.3. The van der Waals surface area contributed by atoms with Gasteiger partial charge in [-0.25, -0.2) is 4.98 Å². The van der Waals surface area contributed by atoms with E-state index in [1.807, 2.05) is 72.3 Å². The molecular formula is C24H21N3O. The molecule has 1 atom stereocenters. The Morgan fingerprint density at radius 1 is 1.04 bits per heavy atom. The van der Waals surface area contributed by atoms with Gasteiger partial charge in [0, 0.05) is 24.2 Å². The molecule has 0 fully saturated rings. The number of nitrogens with one attached hydrogen (secondary N) is 1. The van der Waals surface area contributed by atoms with Crippen LogP contribution in [0, 0.1) is 0 Å². The van der Waals surface area contributed by atoms with Gasteiger partial charge in [-0.15, -0.1) is 0 Å². The Kier molecular flexibility index (Phi) is 5.02. The van der Waals surface area contributed by atoms with E-state index in [1.54, 1.807) is 18.6 Å². The molecule has 0 unspecified atom stereocenters. The third kappa shape index (κ3) is 3.86. The van der Waals surface area contributed by atoms with Crippen LogP contribution in [-0.4, -0.2) is 15.5 Å². The van der Waals surface area contributed by atoms with E-state index in [1.165, 1.54) is 0 Å². The Labute approximate surface area is 164 Å². The molecule has 1 N–H and O–H groups in total. The molecular weight excluding hydrogens is 346 g/mol. The minimum Gasteiger partial charge on any atom is -0.346 e. The zero-order valence-corrected chi connectivity index (χ0v) is 15.6. The molecule has 0 spiro atoms. The monoisotopic (exact) mass is 367 g/mol. The van der Waals surface area contributed by atoms with Gasteiger partial charge in [-0.2, -0.15) is 0 Å². The van der Waals surface area contributed by atoms with Crippen molar-refractivity contribution in [1.29, 1.82) is 0 Å². The third-order valence-corrected chi connectivity index (χ3v) is 4.79. The van der Waals surface area contributed by atoms with Gasteiger partial charge >= 0.3 is 0 Å². The maximum absolute atomic E-state index is 12.4. The van der Waals surface area contributed by atoms with Crippen LogP contribution in [0.25, 0.3) is 22.5 Å². The van der Waals surface area contributed by atoms with Gasteiger partial charge in [0.25, 0.3) is 0 Å². The highest BCUT2D eigenvalue weighted by atomic mass is 16.1. The second-order valence-electron chi connectivity index (χ2n) is 6.69. The second-order valence-corrected chi connectivity index (χ2v) is 6.69. The number of carbonyl (C=O) groups is 1. The molecule has 1 heterocycles. The fraction of sp³-hybridized carbons (Fsp3) is 0.0833. The Morgan fingerprint density at radius 2 is 1.82 bits per heavy atom. The van der Waals surface area contributed by atoms with Crippen molar-refractivity contribution in [2.24, 2.45) is 0 Å². The van der Waals surface area contributed by atoms with Crippen LogP contribution >= 0.6 is 0 Å². The lowest BCUT2D eigenvalue weighted by Gasteiger charge is -2.14. The van der Waals surface area contributed by atoms with Gasteiger partial charge in [0.2, 0.25) is 5.91 Å². The molecule has 0 saturated carbocycles. The van der Waals surface area contributed by atoms with Gasteiger partial charge < -0.3 is 9.88 Å². The van der Waals surface area contributed by atoms with E-state index in [0.717, 1.165) is 27.6 Å². The first-order chi connectivity index (χ1) is 13.7. The summed E-state index contributed by atoms with van der Waals surface area (Å²) < 4.78 is 1.94. The molecule has 0 aliphatic heterocycles. The van der Waals surface area contributed by atoms with Gasteiger partial charge in [-0.1, -0.05) is 54.6 Å². The number of imidazole rings is 1. The lowest BCUT2D eigenvalue weighted by Crippen LogP contribution is -2.24. The number of aromatic nitrogens is 2. The van der Waals surface area contributed by atoms with Crippen LogP contribution in [0.15, 0.2) is 91.5 Å². The van der Waals surface area contributed by atoms with Crippen molar-refractivity contribution in [3.05, 3.63) is 103 Å². The standard InChI is InChI=1S/C24H21N3O/c1-18(19-9-12-22(13-10-19)27-16-15-25-17-27)26-24(28)14-11-21-7-4-6-20-5-2-3-8-23(20)21/h2-18H,1H3,(H,26,28)/b14-11-/t18-/m1/s1. The summed E-state index contributed by atoms with van der Waals surface area (Å²) in [5.74, 6) is -0.112. The summed E-state index contributed by atoms with van der Waals surface area (Å²) in [5.41, 5.74) is 3.12. The zero-order chi connectivity index (χ0) is 19.3. The molecule has 0 saturated heterocycles. The van der Waals surface area contributed by atoms with Crippen molar-refractivity contribution in [3.63, 3.8) is 0 Å². The number of amides is 1. The van der Waals surface area contributed by atoms with Gasteiger partial charge in [0.1, 0.15) is 0 Å². The number of hydrogen-bond donors (Lipinski definition) is 1. The van der Waals surface area contributed by atoms with Gasteiger partial charge in [0.15, 0.2) is 0 Å². The topological polar surface area (TPSA) is 46.9 Å². The maximum Gasteiger partial charge on any atom is 0.244 e. The smallest absolute Gasteiger partial charge is 0.244 e. The van der Waals surface area contributed by atoms with Crippen LogP contribution < -0.4 is 5.32 Å². The van der Waals surface area contributed by atoms with E-state index in [-0.39, 0.29) is 11.9 Å². The van der Waals surface area contributed by atoms with Crippen molar-refractivity contribution < 1.29 is 4.79 Å². The molecule has 0 radical (unpaired) electrons. The minimum atomic E-state index is -0.112. The third-order valence-electron chi connectivity index (χ3n) is 4.79. The van der Waals surface area contributed by atoms with Crippen molar-refractivity contribution in [2.75, 3.05) is 0 Å². The first-order valence-electron chi connectivity index (χ1n) is 9.25. The number of rotatable bonds is 5. The highest BCUT2D eigenvalue weighted by Crippen LogP contribution is 2.20. The SMILES string of the molecule is C[C@@H](NC(=O)/C=C\c1cccc2ccccc12)c1ccc(-n2ccnc2)cc1. The number of carbonyl (C=O) groups excluding carboxylic acids is 1. The van der Waals surface area contributed by atoms with E-state index in [2.05, 4.69) is 28.5 Å². The Morgan fingerprint density at radius 3 is 2.61 bits per heavy atom. The van der Waals surface area contributed by atoms with E-state index >= 15 is 0 Å². The molecule has 4 rings (SSSR count). The summed E-state index contributed by atoms with van der Waals surface area (Å²) in [7, 11) is 0. The van der Waals surface area contributed by atoms with Gasteiger partial charge in [-0.05, 0) is 47.0 Å². The minimum absolute atomic E-state index is 0.0819. The predicted octanol–water partition coefficient (Wildman–Crippen LogP) is 4.92. The fourth-order valence-electron chi connectivity index (χ4n) is 3.25. The number of fused-ring (bicyclic) bond motifs is 1. The quantitative estimate of drug-likeness (QED) is 0.509. The van der Waals surface area contributed by atoms with E-state index in [9.17, 15) is 4.79 Å². The number of benzene rings is 3. The van der Waals surface area contributed by atoms with Crippen molar-refractivity contribution in [1.82, 2.24) is 14.9 Å². The van der Waals surface area contributed by atoms with E-state index < -0.39 is 0 Å². The van der Waals surface area contributed by atoms with Crippen molar-refractivity contribution in [3.8, 4) is 5.69 Å². The van der Waals surface area contributed by atoms with Gasteiger partial charge in [-0.3, -0.25) is 4.79 Å². The highest BCUT2D eigenvalue weighted by Gasteiger charge is 2.08. The Hall–Kier alpha value is -3.66. The summed E-state index contributed by atoms with van der Waals surface area (Å²) in [6.07, 6.45) is 8.88. The van der Waals surface area contributed by atoms with E-state index in [0.29, 0.717) is 0 Å². The van der Waals surface area contributed by atoms with E-state index in [4.69, 9.17) is 0 Å². The lowest BCUT2D eigenvalue weighted by molar-refractivity contribution is -0.117. The van der Waals surface area contributed by atoms with Crippen LogP contribution in [0.1, 0.15) is 24.1 Å². The molecule has 1 aromatic heterocycles. The molecule has 4 heteroatoms. The summed E-state index contributed by atoms with van der Waals surface area (Å²) in [6.45, 7) is 1.98. The molecule has 4 aromatic rings. The zero-order valence-electron chi connectivity index (χ0n) is 15.6. The highest BCUT2D eigenvalue weighted by molar-refractivity contribution is 5.96. The molecule has 0 aliphatic rings. The number of nitrogens with zero attached hydrogens (tertiary/aromatic N) is 2. The average molecular weight is 367 g/mol. The van der Waals surface area contributed by atoms with Crippen LogP contribution in [0.3, 0.4) is 0 Å². The number of hydrogen-bond acceptors (Lipinski definition) is 2. The molecule has 3 aromatic carbocycles. The summed E-state index contributed by atoms with van der Waals surface area (Å²) in [4.78, 5) is 16.4. The Balaban J connectivity index is 1.43. The average Bonchev–Trinajstić information content (AvgIpc) is 3.27. The second kappa shape index (κ2) is 7.92. The fourth-order valence-corrected chi connectivity index (χ4v) is 3.25. The summed E-state index contributed by atoms with van der Waals surface area (Å²) in [5, 5.41) is 5.32. The predicted molar refractivity (Wildman–Crippen MR) is 113 cm³/mol. The van der Waals surface area contributed by atoms with Crippen LogP contribution in [-0.2, 0) is 4.79 Å². The maximum atomic E-state index is 12.4. The largest absolute Gasteiger partial charge is 0.346 e. The van der Waals surface area contributed by atoms with Crippen LogP contribution in [0.4, 0.5) is 0 Å². The molecule has 28 heavy (non-hydrogen) atoms. The molecule has 0 aliphatic carbocycles. The van der Waals surface area contributed by atoms with Crippen LogP contribution in [0.5, 0.6) is 0 Å². The van der Waals surface area contributed by atoms with Crippen molar-refractivity contribution >= 4 is 22.8 Å². The van der Waals surface area contributed by atoms with Crippen molar-refractivity contribution in [2.45, 2.75) is 13.0 Å². The lowest BCUT2D eigenvalue weighted by atomic mass is 10.0. The molecule has 1 amide bonds. The van der Waals surface area contributed by atoms with Crippen LogP contribution in [0.2, 0.25) is 0 Å². The molecule has 0 bridgehead atoms.